The molecule has 2 saturated heterocycles. The van der Waals surface area contributed by atoms with E-state index in [9.17, 15) is 0 Å². The van der Waals surface area contributed by atoms with E-state index in [0.717, 1.165) is 25.0 Å². The van der Waals surface area contributed by atoms with Crippen LogP contribution in [0.2, 0.25) is 0 Å². The molecule has 0 N–H and O–H groups in total. The maximum atomic E-state index is 6.25. The second-order valence-electron chi connectivity index (χ2n) is 5.57. The van der Waals surface area contributed by atoms with E-state index in [1.165, 1.54) is 19.3 Å². The van der Waals surface area contributed by atoms with Crippen molar-refractivity contribution in [2.24, 2.45) is 5.92 Å². The van der Waals surface area contributed by atoms with Crippen LogP contribution in [0.25, 0.3) is 0 Å². The van der Waals surface area contributed by atoms with E-state index in [0.29, 0.717) is 5.92 Å². The van der Waals surface area contributed by atoms with Gasteiger partial charge in [-0.2, -0.15) is 0 Å². The van der Waals surface area contributed by atoms with Crippen molar-refractivity contribution in [1.82, 2.24) is 0 Å². The standard InChI is InChI=1S/C12H21BrO2/c1-11(7-10-3-6-14-8-10)4-5-12(2,9-13)15-11/h10H,3-9H2,1-2H3. The summed E-state index contributed by atoms with van der Waals surface area (Å²) in [6, 6.07) is 0. The van der Waals surface area contributed by atoms with E-state index in [2.05, 4.69) is 29.8 Å². The highest BCUT2D eigenvalue weighted by Crippen LogP contribution is 2.42. The van der Waals surface area contributed by atoms with Crippen LogP contribution in [0.4, 0.5) is 0 Å². The average molecular weight is 277 g/mol. The molecule has 0 aromatic rings. The summed E-state index contributed by atoms with van der Waals surface area (Å²) in [5, 5.41) is 0.941. The molecule has 15 heavy (non-hydrogen) atoms. The third-order valence-corrected chi connectivity index (χ3v) is 4.89. The van der Waals surface area contributed by atoms with Gasteiger partial charge in [0.05, 0.1) is 11.2 Å². The zero-order valence-corrected chi connectivity index (χ0v) is 11.3. The second kappa shape index (κ2) is 4.34. The molecule has 88 valence electrons. The molecule has 0 saturated carbocycles. The van der Waals surface area contributed by atoms with Gasteiger partial charge in [-0.25, -0.2) is 0 Å². The highest BCUT2D eigenvalue weighted by Gasteiger charge is 2.44. The van der Waals surface area contributed by atoms with Gasteiger partial charge < -0.3 is 9.47 Å². The molecular weight excluding hydrogens is 256 g/mol. The molecule has 2 rings (SSSR count). The van der Waals surface area contributed by atoms with Crippen molar-refractivity contribution in [3.8, 4) is 0 Å². The monoisotopic (exact) mass is 276 g/mol. The fourth-order valence-corrected chi connectivity index (χ4v) is 3.21. The molecule has 0 radical (unpaired) electrons. The Labute approximate surface area is 101 Å². The van der Waals surface area contributed by atoms with E-state index in [1.54, 1.807) is 0 Å². The molecule has 2 heterocycles. The molecule has 2 aliphatic heterocycles. The Bertz CT molecular complexity index is 228. The highest BCUT2D eigenvalue weighted by atomic mass is 79.9. The highest BCUT2D eigenvalue weighted by molar-refractivity contribution is 9.09. The molecule has 2 fully saturated rings. The first-order valence-electron chi connectivity index (χ1n) is 5.89. The maximum Gasteiger partial charge on any atom is 0.0759 e. The Morgan fingerprint density at radius 1 is 1.27 bits per heavy atom. The Hall–Kier alpha value is 0.400. The lowest BCUT2D eigenvalue weighted by molar-refractivity contribution is -0.0832. The van der Waals surface area contributed by atoms with Gasteiger partial charge in [-0.3, -0.25) is 0 Å². The average Bonchev–Trinajstić information content (AvgIpc) is 2.76. The van der Waals surface area contributed by atoms with Crippen LogP contribution in [0.3, 0.4) is 0 Å². The largest absolute Gasteiger partial charge is 0.381 e. The van der Waals surface area contributed by atoms with Crippen LogP contribution in [0.15, 0.2) is 0 Å². The predicted octanol–water partition coefficient (Wildman–Crippen LogP) is 3.14. The maximum absolute atomic E-state index is 6.25. The number of hydrogen-bond acceptors (Lipinski definition) is 2. The smallest absolute Gasteiger partial charge is 0.0759 e. The Morgan fingerprint density at radius 3 is 2.53 bits per heavy atom. The molecule has 2 nitrogen and oxygen atoms in total. The fraction of sp³-hybridized carbons (Fsp3) is 1.00. The van der Waals surface area contributed by atoms with Crippen molar-refractivity contribution >= 4 is 15.9 Å². The molecule has 0 bridgehead atoms. The summed E-state index contributed by atoms with van der Waals surface area (Å²) in [6.45, 7) is 6.35. The molecule has 0 spiro atoms. The molecular formula is C12H21BrO2. The van der Waals surface area contributed by atoms with E-state index < -0.39 is 0 Å². The third kappa shape index (κ3) is 2.75. The van der Waals surface area contributed by atoms with E-state index in [4.69, 9.17) is 9.47 Å². The Kier molecular flexibility index (Phi) is 3.44. The quantitative estimate of drug-likeness (QED) is 0.738. The van der Waals surface area contributed by atoms with E-state index in [-0.39, 0.29) is 11.2 Å². The van der Waals surface area contributed by atoms with Gasteiger partial charge in [-0.1, -0.05) is 15.9 Å². The van der Waals surface area contributed by atoms with Crippen molar-refractivity contribution in [2.45, 2.75) is 50.7 Å². The van der Waals surface area contributed by atoms with Crippen molar-refractivity contribution in [3.63, 3.8) is 0 Å². The first kappa shape index (κ1) is 11.9. The molecule has 0 amide bonds. The first-order valence-corrected chi connectivity index (χ1v) is 7.01. The van der Waals surface area contributed by atoms with Gasteiger partial charge in [-0.15, -0.1) is 0 Å². The van der Waals surface area contributed by atoms with Gasteiger partial charge in [0.2, 0.25) is 0 Å². The number of halogens is 1. The van der Waals surface area contributed by atoms with E-state index in [1.807, 2.05) is 0 Å². The SMILES string of the molecule is CC1(CBr)CCC(C)(CC2CCOC2)O1. The van der Waals surface area contributed by atoms with Crippen molar-refractivity contribution in [3.05, 3.63) is 0 Å². The minimum absolute atomic E-state index is 0.0498. The summed E-state index contributed by atoms with van der Waals surface area (Å²) in [4.78, 5) is 0. The van der Waals surface area contributed by atoms with E-state index >= 15 is 0 Å². The van der Waals surface area contributed by atoms with Crippen LogP contribution in [-0.2, 0) is 9.47 Å². The van der Waals surface area contributed by atoms with Crippen LogP contribution in [0.1, 0.15) is 39.5 Å². The van der Waals surface area contributed by atoms with Gasteiger partial charge in [0.25, 0.3) is 0 Å². The van der Waals surface area contributed by atoms with Gasteiger partial charge in [0.1, 0.15) is 0 Å². The normalized spacial score (nSPS) is 46.2. The van der Waals surface area contributed by atoms with Crippen molar-refractivity contribution in [2.75, 3.05) is 18.5 Å². The zero-order valence-electron chi connectivity index (χ0n) is 9.72. The number of ether oxygens (including phenoxy) is 2. The molecule has 3 atom stereocenters. The van der Waals surface area contributed by atoms with Crippen molar-refractivity contribution < 1.29 is 9.47 Å². The summed E-state index contributed by atoms with van der Waals surface area (Å²) in [5.74, 6) is 0.715. The lowest BCUT2D eigenvalue weighted by Gasteiger charge is -2.31. The van der Waals surface area contributed by atoms with Crippen LogP contribution in [0, 0.1) is 5.92 Å². The fourth-order valence-electron chi connectivity index (χ4n) is 2.82. The van der Waals surface area contributed by atoms with Gasteiger partial charge in [-0.05, 0) is 45.4 Å². The van der Waals surface area contributed by atoms with Gasteiger partial charge >= 0.3 is 0 Å². The lowest BCUT2D eigenvalue weighted by Crippen LogP contribution is -2.34. The minimum Gasteiger partial charge on any atom is -0.381 e. The first-order chi connectivity index (χ1) is 7.05. The minimum atomic E-state index is 0.0498. The molecule has 3 heteroatoms. The van der Waals surface area contributed by atoms with Crippen LogP contribution in [0.5, 0.6) is 0 Å². The van der Waals surface area contributed by atoms with Gasteiger partial charge in [0, 0.05) is 18.5 Å². The molecule has 2 aliphatic rings. The summed E-state index contributed by atoms with van der Waals surface area (Å²) in [5.41, 5.74) is 0.134. The summed E-state index contributed by atoms with van der Waals surface area (Å²) in [6.07, 6.45) is 4.73. The summed E-state index contributed by atoms with van der Waals surface area (Å²) in [7, 11) is 0. The predicted molar refractivity (Wildman–Crippen MR) is 64.5 cm³/mol. The molecule has 0 aromatic heterocycles. The summed E-state index contributed by atoms with van der Waals surface area (Å²) < 4.78 is 11.7. The zero-order chi connectivity index (χ0) is 10.9. The summed E-state index contributed by atoms with van der Waals surface area (Å²) >= 11 is 3.55. The van der Waals surface area contributed by atoms with Crippen LogP contribution < -0.4 is 0 Å². The molecule has 0 aliphatic carbocycles. The van der Waals surface area contributed by atoms with Gasteiger partial charge in [0.15, 0.2) is 0 Å². The van der Waals surface area contributed by atoms with Crippen LogP contribution >= 0.6 is 15.9 Å². The number of rotatable bonds is 3. The molecule has 3 unspecified atom stereocenters. The molecule has 0 aromatic carbocycles. The Balaban J connectivity index is 1.91. The lowest BCUT2D eigenvalue weighted by atomic mass is 9.89. The van der Waals surface area contributed by atoms with Crippen molar-refractivity contribution in [1.29, 1.82) is 0 Å². The number of alkyl halides is 1. The Morgan fingerprint density at radius 2 is 2.00 bits per heavy atom. The second-order valence-corrected chi connectivity index (χ2v) is 6.13. The number of hydrogen-bond donors (Lipinski definition) is 0. The third-order valence-electron chi connectivity index (χ3n) is 3.70. The topological polar surface area (TPSA) is 18.5 Å². The van der Waals surface area contributed by atoms with Crippen LogP contribution in [-0.4, -0.2) is 29.7 Å².